The minimum atomic E-state index is -3.13. The topological polar surface area (TPSA) is 84.0 Å². The number of hydrogen-bond acceptors (Lipinski definition) is 5. The first kappa shape index (κ1) is 25.9. The predicted octanol–water partition coefficient (Wildman–Crippen LogP) is 4.21. The number of nitrogens with zero attached hydrogens (tertiary/aromatic N) is 2. The number of fused-ring (bicyclic) bond motifs is 1. The van der Waals surface area contributed by atoms with E-state index in [4.69, 9.17) is 4.74 Å². The lowest BCUT2D eigenvalue weighted by molar-refractivity contribution is -0.128. The molecule has 2 amide bonds. The summed E-state index contributed by atoms with van der Waals surface area (Å²) in [4.78, 5) is 29.2. The fraction of sp³-hybridized carbons (Fsp3) is 0.429. The van der Waals surface area contributed by atoms with Gasteiger partial charge in [0.05, 0.1) is 11.5 Å². The SMILES string of the molecule is CC(C)(C)OC(=O)N1CCc2c(/C=C/C(=O)N(Cc3ccccc3)C3CCS(=O)(=O)C3)cccc2C1. The largest absolute Gasteiger partial charge is 0.444 e. The first-order chi connectivity index (χ1) is 17.0. The summed E-state index contributed by atoms with van der Waals surface area (Å²) in [6.45, 7) is 6.92. The standard InChI is InChI=1S/C28H34N2O5S/c1-28(2,3)35-27(32)29-16-14-25-22(10-7-11-23(25)19-29)12-13-26(31)30(18-21-8-5-4-6-9-21)24-15-17-36(33,34)20-24/h4-13,24H,14-20H2,1-3H3/b13-12+. The molecule has 8 heteroatoms. The van der Waals surface area contributed by atoms with Crippen LogP contribution in [0.25, 0.3) is 6.08 Å². The quantitative estimate of drug-likeness (QED) is 0.563. The zero-order valence-electron chi connectivity index (χ0n) is 21.1. The molecule has 7 nitrogen and oxygen atoms in total. The zero-order chi connectivity index (χ0) is 25.9. The number of benzene rings is 2. The van der Waals surface area contributed by atoms with Crippen molar-refractivity contribution >= 4 is 27.9 Å². The summed E-state index contributed by atoms with van der Waals surface area (Å²) in [5.41, 5.74) is 3.49. The van der Waals surface area contributed by atoms with E-state index in [1.807, 2.05) is 75.4 Å². The maximum atomic E-state index is 13.3. The average molecular weight is 511 g/mol. The van der Waals surface area contributed by atoms with Crippen LogP contribution in [0, 0.1) is 0 Å². The van der Waals surface area contributed by atoms with Crippen molar-refractivity contribution in [3.05, 3.63) is 76.9 Å². The third kappa shape index (κ3) is 6.55. The molecule has 1 atom stereocenters. The van der Waals surface area contributed by atoms with Crippen LogP contribution in [0.3, 0.4) is 0 Å². The molecule has 1 fully saturated rings. The highest BCUT2D eigenvalue weighted by Gasteiger charge is 2.34. The summed E-state index contributed by atoms with van der Waals surface area (Å²) in [5, 5.41) is 0. The van der Waals surface area contributed by atoms with Gasteiger partial charge in [-0.25, -0.2) is 13.2 Å². The van der Waals surface area contributed by atoms with Crippen LogP contribution >= 0.6 is 0 Å². The molecule has 2 aliphatic rings. The van der Waals surface area contributed by atoms with E-state index in [0.29, 0.717) is 32.5 Å². The van der Waals surface area contributed by atoms with Gasteiger partial charge in [0.25, 0.3) is 0 Å². The van der Waals surface area contributed by atoms with Crippen LogP contribution in [0.1, 0.15) is 49.4 Å². The second-order valence-electron chi connectivity index (χ2n) is 10.5. The second kappa shape index (κ2) is 10.5. The van der Waals surface area contributed by atoms with E-state index in [1.165, 1.54) is 0 Å². The number of hydrogen-bond donors (Lipinski definition) is 0. The summed E-state index contributed by atoms with van der Waals surface area (Å²) in [5.74, 6) is -0.0919. The van der Waals surface area contributed by atoms with Gasteiger partial charge < -0.3 is 14.5 Å². The van der Waals surface area contributed by atoms with Gasteiger partial charge in [-0.2, -0.15) is 0 Å². The van der Waals surface area contributed by atoms with Crippen molar-refractivity contribution in [3.8, 4) is 0 Å². The molecule has 2 aliphatic heterocycles. The Hall–Kier alpha value is -3.13. The predicted molar refractivity (Wildman–Crippen MR) is 140 cm³/mol. The Morgan fingerprint density at radius 3 is 2.53 bits per heavy atom. The van der Waals surface area contributed by atoms with E-state index in [9.17, 15) is 18.0 Å². The van der Waals surface area contributed by atoms with E-state index < -0.39 is 15.4 Å². The Labute approximate surface area is 213 Å². The van der Waals surface area contributed by atoms with Gasteiger partial charge in [0.2, 0.25) is 5.91 Å². The smallest absolute Gasteiger partial charge is 0.410 e. The monoisotopic (exact) mass is 510 g/mol. The average Bonchev–Trinajstić information content (AvgIpc) is 3.19. The van der Waals surface area contributed by atoms with Crippen molar-refractivity contribution in [2.75, 3.05) is 18.1 Å². The van der Waals surface area contributed by atoms with Crippen LogP contribution in [0.15, 0.2) is 54.6 Å². The lowest BCUT2D eigenvalue weighted by Gasteiger charge is -2.32. The maximum absolute atomic E-state index is 13.3. The van der Waals surface area contributed by atoms with Crippen LogP contribution in [0.2, 0.25) is 0 Å². The van der Waals surface area contributed by atoms with E-state index >= 15 is 0 Å². The molecule has 0 N–H and O–H groups in total. The van der Waals surface area contributed by atoms with Crippen LogP contribution in [0.5, 0.6) is 0 Å². The van der Waals surface area contributed by atoms with Gasteiger partial charge in [-0.3, -0.25) is 4.79 Å². The zero-order valence-corrected chi connectivity index (χ0v) is 22.0. The van der Waals surface area contributed by atoms with Crippen molar-refractivity contribution in [3.63, 3.8) is 0 Å². The number of carbonyl (C=O) groups excluding carboxylic acids is 2. The fourth-order valence-electron chi connectivity index (χ4n) is 4.72. The van der Waals surface area contributed by atoms with Gasteiger partial charge in [0.1, 0.15) is 5.60 Å². The molecule has 0 spiro atoms. The van der Waals surface area contributed by atoms with Gasteiger partial charge in [0, 0.05) is 31.8 Å². The van der Waals surface area contributed by atoms with Crippen molar-refractivity contribution < 1.29 is 22.7 Å². The molecule has 0 aromatic heterocycles. The second-order valence-corrected chi connectivity index (χ2v) is 12.7. The molecule has 0 radical (unpaired) electrons. The summed E-state index contributed by atoms with van der Waals surface area (Å²) >= 11 is 0. The number of rotatable bonds is 5. The van der Waals surface area contributed by atoms with Crippen LogP contribution in [-0.4, -0.2) is 59.9 Å². The minimum Gasteiger partial charge on any atom is -0.444 e. The summed E-state index contributed by atoms with van der Waals surface area (Å²) in [6, 6.07) is 15.2. The molecule has 2 aromatic carbocycles. The molecule has 1 unspecified atom stereocenters. The van der Waals surface area contributed by atoms with Crippen molar-refractivity contribution in [2.24, 2.45) is 0 Å². The van der Waals surface area contributed by atoms with Gasteiger partial charge in [-0.05, 0) is 61.9 Å². The van der Waals surface area contributed by atoms with Crippen LogP contribution in [-0.2, 0) is 38.9 Å². The van der Waals surface area contributed by atoms with Crippen LogP contribution < -0.4 is 0 Å². The summed E-state index contributed by atoms with van der Waals surface area (Å²) < 4.78 is 29.8. The Morgan fingerprint density at radius 2 is 1.86 bits per heavy atom. The highest BCUT2D eigenvalue weighted by molar-refractivity contribution is 7.91. The molecule has 0 bridgehead atoms. The molecule has 2 aromatic rings. The Bertz CT molecular complexity index is 1250. The summed E-state index contributed by atoms with van der Waals surface area (Å²) in [6.07, 6.45) is 4.15. The van der Waals surface area contributed by atoms with E-state index in [0.717, 1.165) is 22.3 Å². The fourth-order valence-corrected chi connectivity index (χ4v) is 6.45. The van der Waals surface area contributed by atoms with E-state index in [-0.39, 0.29) is 29.5 Å². The van der Waals surface area contributed by atoms with Gasteiger partial charge in [-0.1, -0.05) is 48.5 Å². The Kier molecular flexibility index (Phi) is 7.54. The summed E-state index contributed by atoms with van der Waals surface area (Å²) in [7, 11) is -3.13. The number of carbonyl (C=O) groups is 2. The lowest BCUT2D eigenvalue weighted by Crippen LogP contribution is -2.40. The lowest BCUT2D eigenvalue weighted by atomic mass is 9.94. The van der Waals surface area contributed by atoms with Crippen molar-refractivity contribution in [2.45, 2.75) is 58.3 Å². The molecule has 0 saturated carbocycles. The third-order valence-electron chi connectivity index (χ3n) is 6.49. The van der Waals surface area contributed by atoms with Gasteiger partial charge >= 0.3 is 6.09 Å². The minimum absolute atomic E-state index is 0.000644. The molecule has 192 valence electrons. The van der Waals surface area contributed by atoms with Crippen molar-refractivity contribution in [1.82, 2.24) is 9.80 Å². The van der Waals surface area contributed by atoms with Crippen molar-refractivity contribution in [1.29, 1.82) is 0 Å². The molecule has 36 heavy (non-hydrogen) atoms. The first-order valence-electron chi connectivity index (χ1n) is 12.3. The number of ether oxygens (including phenoxy) is 1. The first-order valence-corrected chi connectivity index (χ1v) is 14.1. The number of sulfone groups is 1. The van der Waals surface area contributed by atoms with E-state index in [2.05, 4.69) is 0 Å². The highest BCUT2D eigenvalue weighted by Crippen LogP contribution is 2.26. The van der Waals surface area contributed by atoms with E-state index in [1.54, 1.807) is 15.9 Å². The Balaban J connectivity index is 1.51. The normalized spacial score (nSPS) is 19.2. The van der Waals surface area contributed by atoms with Gasteiger partial charge in [-0.15, -0.1) is 0 Å². The molecule has 2 heterocycles. The molecule has 1 saturated heterocycles. The Morgan fingerprint density at radius 1 is 1.11 bits per heavy atom. The van der Waals surface area contributed by atoms with Gasteiger partial charge in [0.15, 0.2) is 9.84 Å². The highest BCUT2D eigenvalue weighted by atomic mass is 32.2. The molecule has 4 rings (SSSR count). The third-order valence-corrected chi connectivity index (χ3v) is 8.24. The molecular formula is C28H34N2O5S. The number of amides is 2. The van der Waals surface area contributed by atoms with Crippen LogP contribution in [0.4, 0.5) is 4.79 Å². The molecular weight excluding hydrogens is 476 g/mol. The molecule has 0 aliphatic carbocycles. The maximum Gasteiger partial charge on any atom is 0.410 e.